The van der Waals surface area contributed by atoms with Gasteiger partial charge < -0.3 is 14.7 Å². The number of carbonyl (C=O) groups is 2. The van der Waals surface area contributed by atoms with Crippen LogP contribution in [0.4, 0.5) is 8.78 Å². The summed E-state index contributed by atoms with van der Waals surface area (Å²) in [6.45, 7) is 1.71. The summed E-state index contributed by atoms with van der Waals surface area (Å²) in [5.74, 6) is -2.73. The third kappa shape index (κ3) is 4.83. The standard InChI is InChI=1S/C20H25F2NO4/c21-16-5-4-13(12-17(16)22)2-1-3-18(24)23-9-6-14(7-10-23)19-15(20(25)26)8-11-27-19/h4-5,12,14-15,19H,1-3,6-11H2,(H,25,26)/t15?,19-/m0/s1. The number of aryl methyl sites for hydroxylation is 1. The Kier molecular flexibility index (Phi) is 6.42. The number of benzene rings is 1. The topological polar surface area (TPSA) is 66.8 Å². The Hall–Kier alpha value is -2.02. The summed E-state index contributed by atoms with van der Waals surface area (Å²) in [5.41, 5.74) is 0.679. The Balaban J connectivity index is 1.42. The van der Waals surface area contributed by atoms with Crippen molar-refractivity contribution < 1.29 is 28.2 Å². The van der Waals surface area contributed by atoms with E-state index in [1.165, 1.54) is 12.1 Å². The largest absolute Gasteiger partial charge is 0.481 e. The number of hydrogen-bond donors (Lipinski definition) is 1. The van der Waals surface area contributed by atoms with Crippen LogP contribution in [-0.2, 0) is 20.7 Å². The van der Waals surface area contributed by atoms with Crippen molar-refractivity contribution in [2.45, 2.75) is 44.6 Å². The second kappa shape index (κ2) is 8.78. The van der Waals surface area contributed by atoms with Crippen molar-refractivity contribution in [3.05, 3.63) is 35.4 Å². The molecule has 0 spiro atoms. The van der Waals surface area contributed by atoms with Crippen LogP contribution in [0.1, 0.15) is 37.7 Å². The number of aliphatic carboxylic acids is 1. The summed E-state index contributed by atoms with van der Waals surface area (Å²) >= 11 is 0. The first kappa shape index (κ1) is 19.7. The van der Waals surface area contributed by atoms with Crippen molar-refractivity contribution in [2.24, 2.45) is 11.8 Å². The lowest BCUT2D eigenvalue weighted by atomic mass is 9.84. The van der Waals surface area contributed by atoms with Crippen LogP contribution in [0.2, 0.25) is 0 Å². The highest BCUT2D eigenvalue weighted by Gasteiger charge is 2.40. The molecular weight excluding hydrogens is 356 g/mol. The second-order valence-corrected chi connectivity index (χ2v) is 7.39. The molecule has 27 heavy (non-hydrogen) atoms. The molecule has 2 aliphatic heterocycles. The van der Waals surface area contributed by atoms with Gasteiger partial charge in [-0.1, -0.05) is 6.07 Å². The highest BCUT2D eigenvalue weighted by atomic mass is 19.2. The molecule has 1 aromatic carbocycles. The van der Waals surface area contributed by atoms with Gasteiger partial charge in [-0.25, -0.2) is 8.78 Å². The minimum absolute atomic E-state index is 0.0539. The molecule has 0 bridgehead atoms. The molecule has 1 amide bonds. The Morgan fingerprint density at radius 3 is 2.56 bits per heavy atom. The van der Waals surface area contributed by atoms with Crippen LogP contribution in [0.3, 0.4) is 0 Å². The van der Waals surface area contributed by atoms with E-state index < -0.39 is 23.5 Å². The normalized spacial score (nSPS) is 23.6. The number of nitrogens with zero attached hydrogens (tertiary/aromatic N) is 1. The summed E-state index contributed by atoms with van der Waals surface area (Å²) < 4.78 is 31.8. The summed E-state index contributed by atoms with van der Waals surface area (Å²) in [6.07, 6.45) is 3.29. The molecule has 1 N–H and O–H groups in total. The van der Waals surface area contributed by atoms with Crippen LogP contribution in [0.25, 0.3) is 0 Å². The molecule has 1 aromatic rings. The zero-order valence-corrected chi connectivity index (χ0v) is 15.2. The van der Waals surface area contributed by atoms with Gasteiger partial charge in [0, 0.05) is 26.1 Å². The van der Waals surface area contributed by atoms with Gasteiger partial charge in [-0.2, -0.15) is 0 Å². The van der Waals surface area contributed by atoms with Crippen LogP contribution >= 0.6 is 0 Å². The Labute approximate surface area is 157 Å². The van der Waals surface area contributed by atoms with E-state index in [2.05, 4.69) is 0 Å². The number of amides is 1. The van der Waals surface area contributed by atoms with Crippen molar-refractivity contribution in [3.63, 3.8) is 0 Å². The predicted molar refractivity (Wildman–Crippen MR) is 94.1 cm³/mol. The highest BCUT2D eigenvalue weighted by molar-refractivity contribution is 5.76. The monoisotopic (exact) mass is 381 g/mol. The number of piperidine rings is 1. The maximum atomic E-state index is 13.2. The molecule has 0 aliphatic carbocycles. The van der Waals surface area contributed by atoms with E-state index in [1.807, 2.05) is 4.90 Å². The number of halogens is 2. The molecule has 5 nitrogen and oxygen atoms in total. The number of carboxylic acids is 1. The number of carboxylic acid groups (broad SMARTS) is 1. The molecule has 7 heteroatoms. The lowest BCUT2D eigenvalue weighted by molar-refractivity contribution is -0.146. The van der Waals surface area contributed by atoms with Crippen LogP contribution in [0.5, 0.6) is 0 Å². The smallest absolute Gasteiger partial charge is 0.309 e. The van der Waals surface area contributed by atoms with Crippen molar-refractivity contribution >= 4 is 11.9 Å². The average Bonchev–Trinajstić information content (AvgIpc) is 3.15. The van der Waals surface area contributed by atoms with Gasteiger partial charge in [0.25, 0.3) is 0 Å². The van der Waals surface area contributed by atoms with Crippen LogP contribution < -0.4 is 0 Å². The van der Waals surface area contributed by atoms with Crippen molar-refractivity contribution in [1.82, 2.24) is 4.90 Å². The minimum Gasteiger partial charge on any atom is -0.481 e. The van der Waals surface area contributed by atoms with Crippen LogP contribution in [0, 0.1) is 23.5 Å². The fourth-order valence-electron chi connectivity index (χ4n) is 4.11. The lowest BCUT2D eigenvalue weighted by Crippen LogP contribution is -2.43. The van der Waals surface area contributed by atoms with Gasteiger partial charge in [0.15, 0.2) is 11.6 Å². The maximum absolute atomic E-state index is 13.2. The van der Waals surface area contributed by atoms with E-state index in [9.17, 15) is 23.5 Å². The molecule has 3 rings (SSSR count). The van der Waals surface area contributed by atoms with Crippen molar-refractivity contribution in [2.75, 3.05) is 19.7 Å². The predicted octanol–water partition coefficient (Wildman–Crippen LogP) is 3.02. The Morgan fingerprint density at radius 1 is 1.15 bits per heavy atom. The van der Waals surface area contributed by atoms with Gasteiger partial charge in [-0.15, -0.1) is 0 Å². The summed E-state index contributed by atoms with van der Waals surface area (Å²) in [7, 11) is 0. The number of hydrogen-bond acceptors (Lipinski definition) is 3. The molecule has 148 valence electrons. The van der Waals surface area contributed by atoms with E-state index in [0.29, 0.717) is 50.9 Å². The second-order valence-electron chi connectivity index (χ2n) is 7.39. The van der Waals surface area contributed by atoms with Gasteiger partial charge >= 0.3 is 5.97 Å². The summed E-state index contributed by atoms with van der Waals surface area (Å²) in [6, 6.07) is 3.81. The van der Waals surface area contributed by atoms with Gasteiger partial charge in [0.1, 0.15) is 0 Å². The summed E-state index contributed by atoms with van der Waals surface area (Å²) in [4.78, 5) is 25.5. The molecule has 0 saturated carbocycles. The first-order valence-corrected chi connectivity index (χ1v) is 9.52. The van der Waals surface area contributed by atoms with E-state index in [4.69, 9.17) is 4.74 Å². The molecule has 0 aromatic heterocycles. The Bertz CT molecular complexity index is 689. The zero-order valence-electron chi connectivity index (χ0n) is 15.2. The number of ether oxygens (including phenoxy) is 1. The first-order valence-electron chi connectivity index (χ1n) is 9.52. The molecule has 0 radical (unpaired) electrons. The van der Waals surface area contributed by atoms with Crippen molar-refractivity contribution in [1.29, 1.82) is 0 Å². The molecule has 2 aliphatic rings. The van der Waals surface area contributed by atoms with Crippen molar-refractivity contribution in [3.8, 4) is 0 Å². The maximum Gasteiger partial charge on any atom is 0.309 e. The molecular formula is C20H25F2NO4. The summed E-state index contributed by atoms with van der Waals surface area (Å²) in [5, 5.41) is 9.29. The van der Waals surface area contributed by atoms with Gasteiger partial charge in [0.05, 0.1) is 12.0 Å². The zero-order chi connectivity index (χ0) is 19.4. The first-order chi connectivity index (χ1) is 13.0. The van der Waals surface area contributed by atoms with Gasteiger partial charge in [-0.3, -0.25) is 9.59 Å². The molecule has 2 atom stereocenters. The van der Waals surface area contributed by atoms with Gasteiger partial charge in [0.2, 0.25) is 5.91 Å². The SMILES string of the molecule is O=C(O)C1CCO[C@H]1C1CCN(C(=O)CCCc2ccc(F)c(F)c2)CC1. The molecule has 2 fully saturated rings. The average molecular weight is 381 g/mol. The highest BCUT2D eigenvalue weighted by Crippen LogP contribution is 2.33. The third-order valence-corrected chi connectivity index (χ3v) is 5.65. The van der Waals surface area contributed by atoms with E-state index >= 15 is 0 Å². The fourth-order valence-corrected chi connectivity index (χ4v) is 4.11. The number of likely N-dealkylation sites (tertiary alicyclic amines) is 1. The van der Waals surface area contributed by atoms with Gasteiger partial charge in [-0.05, 0) is 55.7 Å². The molecule has 1 unspecified atom stereocenters. The number of carbonyl (C=O) groups excluding carboxylic acids is 1. The van der Waals surface area contributed by atoms with Crippen LogP contribution in [-0.4, -0.2) is 47.7 Å². The molecule has 2 heterocycles. The molecule has 2 saturated heterocycles. The van der Waals surface area contributed by atoms with E-state index in [0.717, 1.165) is 18.9 Å². The van der Waals surface area contributed by atoms with E-state index in [-0.39, 0.29) is 17.9 Å². The van der Waals surface area contributed by atoms with E-state index in [1.54, 1.807) is 0 Å². The Morgan fingerprint density at radius 2 is 1.89 bits per heavy atom. The minimum atomic E-state index is -0.867. The quantitative estimate of drug-likeness (QED) is 0.823. The van der Waals surface area contributed by atoms with Crippen LogP contribution in [0.15, 0.2) is 18.2 Å². The number of rotatable bonds is 6. The third-order valence-electron chi connectivity index (χ3n) is 5.65. The fraction of sp³-hybridized carbons (Fsp3) is 0.600. The lowest BCUT2D eigenvalue weighted by Gasteiger charge is -2.35.